The van der Waals surface area contributed by atoms with Gasteiger partial charge in [0, 0.05) is 13.2 Å². The molecule has 21 heavy (non-hydrogen) atoms. The molecule has 0 aliphatic carbocycles. The second kappa shape index (κ2) is 5.91. The van der Waals surface area contributed by atoms with E-state index in [1.807, 2.05) is 0 Å². The Kier molecular flexibility index (Phi) is 4.39. The van der Waals surface area contributed by atoms with Crippen LogP contribution in [0.2, 0.25) is 5.02 Å². The number of pyridine rings is 1. The molecule has 2 aromatic rings. The number of halogens is 1. The summed E-state index contributed by atoms with van der Waals surface area (Å²) in [6.07, 6.45) is 1.40. The standard InChI is InChI=1S/C14H15ClN2O3S/c1-10-8-12(5-6-13(10)20-3)21(18,19)17(2)14-7-4-11(15)9-16-14/h4-9H,1-3H3. The van der Waals surface area contributed by atoms with Crippen molar-refractivity contribution < 1.29 is 13.2 Å². The van der Waals surface area contributed by atoms with Crippen LogP contribution in [0.4, 0.5) is 5.82 Å². The van der Waals surface area contributed by atoms with Crippen LogP contribution in [-0.2, 0) is 10.0 Å². The summed E-state index contributed by atoms with van der Waals surface area (Å²) in [6, 6.07) is 7.85. The third-order valence-electron chi connectivity index (χ3n) is 3.06. The molecule has 0 amide bonds. The van der Waals surface area contributed by atoms with Gasteiger partial charge in [-0.1, -0.05) is 11.6 Å². The molecule has 7 heteroatoms. The predicted molar refractivity (Wildman–Crippen MR) is 82.6 cm³/mol. The van der Waals surface area contributed by atoms with E-state index in [4.69, 9.17) is 16.3 Å². The molecule has 0 bridgehead atoms. The fraction of sp³-hybridized carbons (Fsp3) is 0.214. The number of aromatic nitrogens is 1. The number of hydrogen-bond donors (Lipinski definition) is 0. The summed E-state index contributed by atoms with van der Waals surface area (Å²) in [7, 11) is -0.689. The van der Waals surface area contributed by atoms with E-state index >= 15 is 0 Å². The Morgan fingerprint density at radius 2 is 1.95 bits per heavy atom. The average Bonchev–Trinajstić information content (AvgIpc) is 2.47. The SMILES string of the molecule is COc1ccc(S(=O)(=O)N(C)c2ccc(Cl)cn2)cc1C. The molecule has 2 rings (SSSR count). The van der Waals surface area contributed by atoms with Gasteiger partial charge in [-0.05, 0) is 42.8 Å². The third kappa shape index (κ3) is 3.11. The van der Waals surface area contributed by atoms with Gasteiger partial charge in [-0.25, -0.2) is 13.4 Å². The van der Waals surface area contributed by atoms with Crippen LogP contribution in [0.15, 0.2) is 41.4 Å². The number of anilines is 1. The molecule has 5 nitrogen and oxygen atoms in total. The largest absolute Gasteiger partial charge is 0.496 e. The van der Waals surface area contributed by atoms with E-state index in [-0.39, 0.29) is 4.90 Å². The molecule has 1 aromatic carbocycles. The second-order valence-corrected chi connectivity index (χ2v) is 6.84. The fourth-order valence-electron chi connectivity index (χ4n) is 1.85. The summed E-state index contributed by atoms with van der Waals surface area (Å²) in [6.45, 7) is 1.79. The molecular weight excluding hydrogens is 312 g/mol. The zero-order valence-corrected chi connectivity index (χ0v) is 13.4. The first-order chi connectivity index (χ1) is 9.86. The van der Waals surface area contributed by atoms with E-state index in [0.29, 0.717) is 16.6 Å². The Hall–Kier alpha value is -1.79. The zero-order chi connectivity index (χ0) is 15.6. The lowest BCUT2D eigenvalue weighted by Gasteiger charge is -2.19. The van der Waals surface area contributed by atoms with Crippen molar-refractivity contribution in [3.63, 3.8) is 0 Å². The minimum atomic E-state index is -3.68. The Bertz CT molecular complexity index is 745. The van der Waals surface area contributed by atoms with Gasteiger partial charge in [0.25, 0.3) is 10.0 Å². The fourth-order valence-corrected chi connectivity index (χ4v) is 3.19. The molecule has 1 heterocycles. The van der Waals surface area contributed by atoms with Crippen LogP contribution >= 0.6 is 11.6 Å². The van der Waals surface area contributed by atoms with Crippen molar-refractivity contribution in [1.29, 1.82) is 0 Å². The molecule has 0 saturated carbocycles. The quantitative estimate of drug-likeness (QED) is 0.866. The van der Waals surface area contributed by atoms with E-state index < -0.39 is 10.0 Å². The maximum absolute atomic E-state index is 12.6. The number of hydrogen-bond acceptors (Lipinski definition) is 4. The number of sulfonamides is 1. The Morgan fingerprint density at radius 1 is 1.24 bits per heavy atom. The Morgan fingerprint density at radius 3 is 2.48 bits per heavy atom. The first-order valence-corrected chi connectivity index (χ1v) is 7.93. The van der Waals surface area contributed by atoms with Gasteiger partial charge in [-0.3, -0.25) is 4.31 Å². The monoisotopic (exact) mass is 326 g/mol. The van der Waals surface area contributed by atoms with Gasteiger partial charge in [-0.2, -0.15) is 0 Å². The van der Waals surface area contributed by atoms with Crippen molar-refractivity contribution in [1.82, 2.24) is 4.98 Å². The summed E-state index contributed by atoms with van der Waals surface area (Å²) in [5.74, 6) is 0.939. The van der Waals surface area contributed by atoms with Crippen molar-refractivity contribution in [2.75, 3.05) is 18.5 Å². The number of rotatable bonds is 4. The lowest BCUT2D eigenvalue weighted by Crippen LogP contribution is -2.27. The topological polar surface area (TPSA) is 59.5 Å². The van der Waals surface area contributed by atoms with Gasteiger partial charge in [0.15, 0.2) is 0 Å². The van der Waals surface area contributed by atoms with Gasteiger partial charge >= 0.3 is 0 Å². The average molecular weight is 327 g/mol. The normalized spacial score (nSPS) is 11.2. The summed E-state index contributed by atoms with van der Waals surface area (Å²) >= 11 is 5.76. The van der Waals surface area contributed by atoms with Gasteiger partial charge in [-0.15, -0.1) is 0 Å². The maximum Gasteiger partial charge on any atom is 0.265 e. The van der Waals surface area contributed by atoms with Crippen LogP contribution in [0.25, 0.3) is 0 Å². The third-order valence-corrected chi connectivity index (χ3v) is 5.04. The number of benzene rings is 1. The molecule has 0 N–H and O–H groups in total. The summed E-state index contributed by atoms with van der Waals surface area (Å²) < 4.78 is 31.4. The maximum atomic E-state index is 12.6. The van der Waals surface area contributed by atoms with Crippen molar-refractivity contribution in [2.45, 2.75) is 11.8 Å². The van der Waals surface area contributed by atoms with Crippen LogP contribution in [0.3, 0.4) is 0 Å². The number of methoxy groups -OCH3 is 1. The van der Waals surface area contributed by atoms with Crippen LogP contribution in [-0.4, -0.2) is 27.6 Å². The highest BCUT2D eigenvalue weighted by Crippen LogP contribution is 2.25. The molecule has 112 valence electrons. The molecule has 0 fully saturated rings. The first kappa shape index (κ1) is 15.6. The van der Waals surface area contributed by atoms with E-state index in [1.165, 1.54) is 19.3 Å². The van der Waals surface area contributed by atoms with Crippen LogP contribution in [0.5, 0.6) is 5.75 Å². The van der Waals surface area contributed by atoms with E-state index in [2.05, 4.69) is 4.98 Å². The summed E-state index contributed by atoms with van der Waals surface area (Å²) in [5.41, 5.74) is 0.746. The molecule has 0 atom stereocenters. The van der Waals surface area contributed by atoms with Gasteiger partial charge in [0.1, 0.15) is 11.6 Å². The Balaban J connectivity index is 2.41. The van der Waals surface area contributed by atoms with Gasteiger partial charge < -0.3 is 4.74 Å². The summed E-state index contributed by atoms with van der Waals surface area (Å²) in [5, 5.41) is 0.449. The highest BCUT2D eigenvalue weighted by molar-refractivity contribution is 7.92. The molecular formula is C14H15ClN2O3S. The Labute approximate surface area is 129 Å². The zero-order valence-electron chi connectivity index (χ0n) is 11.9. The van der Waals surface area contributed by atoms with Crippen LogP contribution in [0.1, 0.15) is 5.56 Å². The number of aryl methyl sites for hydroxylation is 1. The van der Waals surface area contributed by atoms with Gasteiger partial charge in [0.2, 0.25) is 0 Å². The van der Waals surface area contributed by atoms with E-state index in [0.717, 1.165) is 9.87 Å². The minimum Gasteiger partial charge on any atom is -0.496 e. The second-order valence-electron chi connectivity index (χ2n) is 4.44. The number of nitrogens with zero attached hydrogens (tertiary/aromatic N) is 2. The van der Waals surface area contributed by atoms with Crippen molar-refractivity contribution in [2.24, 2.45) is 0 Å². The van der Waals surface area contributed by atoms with Crippen molar-refractivity contribution in [3.8, 4) is 5.75 Å². The minimum absolute atomic E-state index is 0.181. The molecule has 0 unspecified atom stereocenters. The first-order valence-electron chi connectivity index (χ1n) is 6.11. The van der Waals surface area contributed by atoms with Crippen molar-refractivity contribution in [3.05, 3.63) is 47.1 Å². The number of ether oxygens (including phenoxy) is 1. The van der Waals surface area contributed by atoms with Crippen LogP contribution < -0.4 is 9.04 Å². The highest BCUT2D eigenvalue weighted by Gasteiger charge is 2.22. The van der Waals surface area contributed by atoms with Crippen LogP contribution in [0, 0.1) is 6.92 Å². The van der Waals surface area contributed by atoms with Gasteiger partial charge in [0.05, 0.1) is 17.0 Å². The molecule has 0 radical (unpaired) electrons. The molecule has 0 spiro atoms. The lowest BCUT2D eigenvalue weighted by atomic mass is 10.2. The van der Waals surface area contributed by atoms with E-state index in [9.17, 15) is 8.42 Å². The van der Waals surface area contributed by atoms with E-state index in [1.54, 1.807) is 38.3 Å². The predicted octanol–water partition coefficient (Wildman–Crippen LogP) is 2.88. The van der Waals surface area contributed by atoms with Crippen molar-refractivity contribution >= 4 is 27.4 Å². The molecule has 1 aromatic heterocycles. The highest BCUT2D eigenvalue weighted by atomic mass is 35.5. The smallest absolute Gasteiger partial charge is 0.265 e. The molecule has 0 aliphatic heterocycles. The summed E-state index contributed by atoms with van der Waals surface area (Å²) in [4.78, 5) is 4.20. The molecule has 0 saturated heterocycles. The lowest BCUT2D eigenvalue weighted by molar-refractivity contribution is 0.411. The molecule has 0 aliphatic rings.